The zero-order chi connectivity index (χ0) is 52.4. The molecule has 13 aromatic carbocycles. The number of benzene rings is 13. The van der Waals surface area contributed by atoms with Gasteiger partial charge in [-0.3, -0.25) is 0 Å². The molecule has 4 nitrogen and oxygen atoms in total. The predicted molar refractivity (Wildman–Crippen MR) is 337 cm³/mol. The number of aromatic nitrogens is 4. The van der Waals surface area contributed by atoms with Gasteiger partial charge in [0.05, 0.1) is 11.4 Å². The topological polar surface area (TPSA) is 34.6 Å². The molecule has 370 valence electrons. The third kappa shape index (κ3) is 6.89. The fraction of sp³-hybridized carbons (Fsp3) is 0. The van der Waals surface area contributed by atoms with Crippen LogP contribution in [0.2, 0.25) is 0 Å². The van der Waals surface area contributed by atoms with Crippen LogP contribution in [0, 0.1) is 0 Å². The van der Waals surface area contributed by atoms with E-state index < -0.39 is 0 Å². The Hall–Kier alpha value is -10.7. The summed E-state index contributed by atoms with van der Waals surface area (Å²) < 4.78 is 4.22. The van der Waals surface area contributed by atoms with E-state index in [0.717, 1.165) is 44.9 Å². The Bertz CT molecular complexity index is 5370. The third-order valence-electron chi connectivity index (χ3n) is 16.9. The molecule has 0 spiro atoms. The highest BCUT2D eigenvalue weighted by Gasteiger charge is 2.20. The number of imidazole rings is 2. The maximum Gasteiger partial charge on any atom is 0.137 e. The number of fused-ring (bicyclic) bond motifs is 18. The molecule has 80 heavy (non-hydrogen) atoms. The molecule has 0 N–H and O–H groups in total. The molecule has 0 unspecified atom stereocenters. The largest absolute Gasteiger partial charge is 0.306 e. The first-order valence-corrected chi connectivity index (χ1v) is 27.4. The van der Waals surface area contributed by atoms with Crippen molar-refractivity contribution < 1.29 is 0 Å². The number of hydrogen-bond donors (Lipinski definition) is 0. The Morgan fingerprint density at radius 1 is 0.212 bits per heavy atom. The first kappa shape index (κ1) is 44.4. The van der Waals surface area contributed by atoms with Crippen LogP contribution in [0.25, 0.3) is 164 Å². The van der Waals surface area contributed by atoms with Crippen molar-refractivity contribution in [1.82, 2.24) is 18.8 Å². The summed E-state index contributed by atoms with van der Waals surface area (Å²) in [5, 5.41) is 20.0. The fourth-order valence-electron chi connectivity index (χ4n) is 13.1. The first-order valence-electron chi connectivity index (χ1n) is 27.4. The van der Waals surface area contributed by atoms with Crippen LogP contribution < -0.4 is 0 Å². The lowest BCUT2D eigenvalue weighted by atomic mass is 9.85. The molecule has 0 saturated carbocycles. The highest BCUT2D eigenvalue weighted by Crippen LogP contribution is 2.47. The van der Waals surface area contributed by atoms with Crippen molar-refractivity contribution in [2.45, 2.75) is 0 Å². The van der Waals surface area contributed by atoms with E-state index in [0.29, 0.717) is 0 Å². The van der Waals surface area contributed by atoms with Gasteiger partial charge in [-0.15, -0.1) is 0 Å². The number of rotatable bonds is 6. The summed E-state index contributed by atoms with van der Waals surface area (Å²) in [7, 11) is 0. The molecular formula is C76H46N4. The average molecular weight is 1020 g/mol. The molecular weight excluding hydrogens is 969 g/mol. The summed E-state index contributed by atoms with van der Waals surface area (Å²) in [6, 6.07) is 93.9. The Labute approximate surface area is 460 Å². The Balaban J connectivity index is 0.847. The molecule has 4 heteroatoms. The van der Waals surface area contributed by atoms with Gasteiger partial charge in [0, 0.05) is 35.9 Å². The van der Waals surface area contributed by atoms with E-state index in [1.165, 1.54) is 120 Å². The van der Waals surface area contributed by atoms with E-state index in [-0.39, 0.29) is 0 Å². The maximum absolute atomic E-state index is 5.07. The first-order chi connectivity index (χ1) is 39.6. The molecule has 0 radical (unpaired) electrons. The molecule has 0 aliphatic carbocycles. The Morgan fingerprint density at radius 3 is 1.21 bits per heavy atom. The van der Waals surface area contributed by atoms with Crippen LogP contribution in [0.5, 0.6) is 0 Å². The van der Waals surface area contributed by atoms with Gasteiger partial charge in [0.2, 0.25) is 0 Å². The summed E-state index contributed by atoms with van der Waals surface area (Å²) in [5.74, 6) is 0. The molecule has 17 rings (SSSR count). The van der Waals surface area contributed by atoms with Crippen LogP contribution in [0.4, 0.5) is 0 Å². The second-order valence-corrected chi connectivity index (χ2v) is 21.3. The van der Waals surface area contributed by atoms with Gasteiger partial charge < -0.3 is 8.80 Å². The second kappa shape index (κ2) is 17.4. The highest BCUT2D eigenvalue weighted by atomic mass is 15.0. The molecule has 4 heterocycles. The standard InChI is InChI=1S/C76H46N4/c1-2-14-47(15-3-1)54-35-38-74-78-72(46-80(74)44-54)51-31-27-49(28-32-51)66-42-69-58-19-5-4-16-55(58)56-17-6-10-22-63(56)76(69)68-41-53(34-37-61(66)68)52-33-36-60-57-18-7-9-21-62(57)75-64-23-11-8-20-59(64)65(43-70(75)67(60)40-52)48-25-29-50(30-26-48)71-45-79-39-13-12-24-73(79)77-71/h1-46H. The van der Waals surface area contributed by atoms with Crippen molar-refractivity contribution >= 4 is 97.5 Å². The van der Waals surface area contributed by atoms with Crippen LogP contribution in [0.1, 0.15) is 0 Å². The quantitative estimate of drug-likeness (QED) is 0.156. The molecule has 0 saturated heterocycles. The van der Waals surface area contributed by atoms with Gasteiger partial charge in [-0.05, 0) is 179 Å². The van der Waals surface area contributed by atoms with Crippen LogP contribution in [-0.4, -0.2) is 18.8 Å². The molecule has 0 aliphatic heterocycles. The lowest BCUT2D eigenvalue weighted by Gasteiger charge is -2.18. The molecule has 0 amide bonds. The van der Waals surface area contributed by atoms with E-state index in [1.807, 2.05) is 18.2 Å². The van der Waals surface area contributed by atoms with Gasteiger partial charge in [-0.1, -0.05) is 206 Å². The lowest BCUT2D eigenvalue weighted by molar-refractivity contribution is 1.19. The van der Waals surface area contributed by atoms with Crippen LogP contribution in [0.3, 0.4) is 0 Å². The number of hydrogen-bond acceptors (Lipinski definition) is 2. The van der Waals surface area contributed by atoms with Gasteiger partial charge in [-0.25, -0.2) is 9.97 Å². The van der Waals surface area contributed by atoms with Crippen LogP contribution >= 0.6 is 0 Å². The van der Waals surface area contributed by atoms with Crippen molar-refractivity contribution in [2.24, 2.45) is 0 Å². The van der Waals surface area contributed by atoms with E-state index in [1.54, 1.807) is 0 Å². The number of pyridine rings is 2. The van der Waals surface area contributed by atoms with E-state index >= 15 is 0 Å². The van der Waals surface area contributed by atoms with Gasteiger partial charge >= 0.3 is 0 Å². The van der Waals surface area contributed by atoms with Crippen molar-refractivity contribution in [2.75, 3.05) is 0 Å². The smallest absolute Gasteiger partial charge is 0.137 e. The monoisotopic (exact) mass is 1010 g/mol. The fourth-order valence-corrected chi connectivity index (χ4v) is 13.1. The molecule has 0 fully saturated rings. The van der Waals surface area contributed by atoms with E-state index in [2.05, 4.69) is 270 Å². The summed E-state index contributed by atoms with van der Waals surface area (Å²) in [5.41, 5.74) is 15.4. The van der Waals surface area contributed by atoms with Crippen molar-refractivity contribution in [1.29, 1.82) is 0 Å². The zero-order valence-corrected chi connectivity index (χ0v) is 43.3. The molecule has 0 bridgehead atoms. The summed E-state index contributed by atoms with van der Waals surface area (Å²) in [6.45, 7) is 0. The normalized spacial score (nSPS) is 12.0. The predicted octanol–water partition coefficient (Wildman–Crippen LogP) is 20.2. The van der Waals surface area contributed by atoms with Gasteiger partial charge in [0.1, 0.15) is 11.3 Å². The Morgan fingerprint density at radius 2 is 0.600 bits per heavy atom. The maximum atomic E-state index is 5.07. The lowest BCUT2D eigenvalue weighted by Crippen LogP contribution is -1.91. The van der Waals surface area contributed by atoms with Crippen molar-refractivity contribution in [3.05, 3.63) is 280 Å². The van der Waals surface area contributed by atoms with Gasteiger partial charge in [-0.2, -0.15) is 0 Å². The second-order valence-electron chi connectivity index (χ2n) is 21.3. The molecule has 0 atom stereocenters. The Kier molecular flexibility index (Phi) is 9.68. The van der Waals surface area contributed by atoms with Gasteiger partial charge in [0.25, 0.3) is 0 Å². The van der Waals surface area contributed by atoms with Gasteiger partial charge in [0.15, 0.2) is 0 Å². The summed E-state index contributed by atoms with van der Waals surface area (Å²) in [6.07, 6.45) is 8.47. The third-order valence-corrected chi connectivity index (χ3v) is 16.9. The molecule has 17 aromatic rings. The van der Waals surface area contributed by atoms with E-state index in [9.17, 15) is 0 Å². The zero-order valence-electron chi connectivity index (χ0n) is 43.3. The summed E-state index contributed by atoms with van der Waals surface area (Å²) >= 11 is 0. The van der Waals surface area contributed by atoms with Crippen LogP contribution in [0.15, 0.2) is 280 Å². The van der Waals surface area contributed by atoms with Crippen LogP contribution in [-0.2, 0) is 0 Å². The van der Waals surface area contributed by atoms with Crippen molar-refractivity contribution in [3.8, 4) is 67.0 Å². The highest BCUT2D eigenvalue weighted by molar-refractivity contribution is 6.35. The van der Waals surface area contributed by atoms with Crippen molar-refractivity contribution in [3.63, 3.8) is 0 Å². The average Bonchev–Trinajstić information content (AvgIpc) is 4.05. The molecule has 4 aromatic heterocycles. The SMILES string of the molecule is c1ccc(-c2ccc3nc(-c4ccc(-c5cc6c7ccccc7c7ccccc7c6c6cc(-c7ccc8c9ccccc9c9c%10ccccc%10c(-c%10ccc(-c%11cn%12ccccc%12n%11)cc%10)cc9c8c7)ccc56)cc4)cn3c2)cc1. The minimum atomic E-state index is 0.924. The molecule has 0 aliphatic rings. The minimum absolute atomic E-state index is 0.924. The minimum Gasteiger partial charge on any atom is -0.306 e. The van der Waals surface area contributed by atoms with E-state index in [4.69, 9.17) is 9.97 Å². The number of nitrogens with zero attached hydrogens (tertiary/aromatic N) is 4. The summed E-state index contributed by atoms with van der Waals surface area (Å²) in [4.78, 5) is 10.0.